The molecule has 0 spiro atoms. The minimum Gasteiger partial charge on any atom is -0.507 e. The van der Waals surface area contributed by atoms with Crippen LogP contribution in [0.5, 0.6) is 5.75 Å². The monoisotopic (exact) mass is 321 g/mol. The predicted molar refractivity (Wildman–Crippen MR) is 92.2 cm³/mol. The Morgan fingerprint density at radius 3 is 2.50 bits per heavy atom. The van der Waals surface area contributed by atoms with E-state index < -0.39 is 0 Å². The molecule has 2 aromatic heterocycles. The molecule has 5 nitrogen and oxygen atoms in total. The molecule has 3 aromatic rings. The molecule has 0 radical (unpaired) electrons. The van der Waals surface area contributed by atoms with Gasteiger partial charge in [0.25, 0.3) is 5.91 Å². The number of rotatable bonds is 4. The first-order valence-electron chi connectivity index (χ1n) is 7.71. The van der Waals surface area contributed by atoms with E-state index in [0.717, 1.165) is 11.3 Å². The van der Waals surface area contributed by atoms with Crippen molar-refractivity contribution in [3.8, 4) is 11.4 Å². The van der Waals surface area contributed by atoms with Crippen LogP contribution in [0, 0.1) is 0 Å². The van der Waals surface area contributed by atoms with Crippen molar-refractivity contribution in [2.45, 2.75) is 13.0 Å². The van der Waals surface area contributed by atoms with Gasteiger partial charge in [-0.1, -0.05) is 0 Å². The second kappa shape index (κ2) is 6.58. The van der Waals surface area contributed by atoms with Crippen molar-refractivity contribution < 1.29 is 9.90 Å². The van der Waals surface area contributed by atoms with Crippen molar-refractivity contribution >= 4 is 5.91 Å². The molecule has 0 saturated carbocycles. The van der Waals surface area contributed by atoms with Crippen molar-refractivity contribution in [3.05, 3.63) is 78.4 Å². The number of phenols is 1. The van der Waals surface area contributed by atoms with Crippen molar-refractivity contribution in [2.75, 3.05) is 7.05 Å². The van der Waals surface area contributed by atoms with Crippen LogP contribution in [-0.4, -0.2) is 32.5 Å². The molecule has 1 amide bonds. The molecule has 5 heteroatoms. The summed E-state index contributed by atoms with van der Waals surface area (Å²) < 4.78 is 1.89. The van der Waals surface area contributed by atoms with E-state index in [-0.39, 0.29) is 23.3 Å². The molecule has 0 bridgehead atoms. The molecule has 3 rings (SSSR count). The van der Waals surface area contributed by atoms with Gasteiger partial charge < -0.3 is 14.6 Å². The number of nitrogens with zero attached hydrogens (tertiary/aromatic N) is 3. The zero-order valence-electron chi connectivity index (χ0n) is 13.6. The van der Waals surface area contributed by atoms with Crippen molar-refractivity contribution in [1.82, 2.24) is 14.5 Å². The standard InChI is InChI=1S/C19H19N3O2/c1-14(15-7-9-20-10-8-15)21(2)19(24)17-13-16(5-6-18(17)23)22-11-3-4-12-22/h3-14,23H,1-2H3/t14-/m1/s1. The molecule has 122 valence electrons. The molecule has 0 unspecified atom stereocenters. The minimum absolute atomic E-state index is 0.0234. The molecule has 1 aromatic carbocycles. The van der Waals surface area contributed by atoms with Crippen LogP contribution in [0.4, 0.5) is 0 Å². The average molecular weight is 321 g/mol. The average Bonchev–Trinajstić information content (AvgIpc) is 3.15. The Balaban J connectivity index is 1.90. The van der Waals surface area contributed by atoms with E-state index >= 15 is 0 Å². The molecule has 0 aliphatic carbocycles. The van der Waals surface area contributed by atoms with Crippen LogP contribution < -0.4 is 0 Å². The zero-order chi connectivity index (χ0) is 17.1. The van der Waals surface area contributed by atoms with Gasteiger partial charge in [-0.3, -0.25) is 9.78 Å². The van der Waals surface area contributed by atoms with Crippen LogP contribution >= 0.6 is 0 Å². The van der Waals surface area contributed by atoms with Crippen molar-refractivity contribution in [3.63, 3.8) is 0 Å². The van der Waals surface area contributed by atoms with Crippen LogP contribution in [0.2, 0.25) is 0 Å². The summed E-state index contributed by atoms with van der Waals surface area (Å²) in [5, 5.41) is 10.1. The smallest absolute Gasteiger partial charge is 0.257 e. The number of pyridine rings is 1. The normalized spacial score (nSPS) is 11.9. The van der Waals surface area contributed by atoms with E-state index in [2.05, 4.69) is 4.98 Å². The molecule has 2 heterocycles. The lowest BCUT2D eigenvalue weighted by Crippen LogP contribution is -2.29. The van der Waals surface area contributed by atoms with Gasteiger partial charge in [-0.2, -0.15) is 0 Å². The van der Waals surface area contributed by atoms with Crippen LogP contribution in [-0.2, 0) is 0 Å². The SMILES string of the molecule is C[C@H](c1ccncc1)N(C)C(=O)c1cc(-n2cccc2)ccc1O. The molecule has 0 aliphatic heterocycles. The van der Waals surface area contributed by atoms with Crippen LogP contribution in [0.25, 0.3) is 5.69 Å². The van der Waals surface area contributed by atoms with Gasteiger partial charge in [0, 0.05) is 37.5 Å². The van der Waals surface area contributed by atoms with E-state index in [1.807, 2.05) is 48.1 Å². The zero-order valence-corrected chi connectivity index (χ0v) is 13.6. The molecule has 1 atom stereocenters. The fourth-order valence-electron chi connectivity index (χ4n) is 2.59. The first-order valence-corrected chi connectivity index (χ1v) is 7.71. The summed E-state index contributed by atoms with van der Waals surface area (Å²) in [5.41, 5.74) is 2.10. The molecule has 1 N–H and O–H groups in total. The van der Waals surface area contributed by atoms with Gasteiger partial charge in [-0.05, 0) is 55.0 Å². The van der Waals surface area contributed by atoms with E-state index in [1.54, 1.807) is 42.5 Å². The van der Waals surface area contributed by atoms with E-state index in [1.165, 1.54) is 0 Å². The summed E-state index contributed by atoms with van der Waals surface area (Å²) in [6.45, 7) is 1.94. The van der Waals surface area contributed by atoms with Gasteiger partial charge in [-0.15, -0.1) is 0 Å². The topological polar surface area (TPSA) is 58.4 Å². The fourth-order valence-corrected chi connectivity index (χ4v) is 2.59. The second-order valence-electron chi connectivity index (χ2n) is 5.66. The second-order valence-corrected chi connectivity index (χ2v) is 5.66. The minimum atomic E-state index is -0.231. The fraction of sp³-hybridized carbons (Fsp3) is 0.158. The summed E-state index contributed by atoms with van der Waals surface area (Å²) in [6, 6.07) is 12.5. The lowest BCUT2D eigenvalue weighted by atomic mass is 10.1. The quantitative estimate of drug-likeness (QED) is 0.801. The van der Waals surface area contributed by atoms with Gasteiger partial charge in [0.15, 0.2) is 0 Å². The largest absolute Gasteiger partial charge is 0.507 e. The Morgan fingerprint density at radius 1 is 1.17 bits per heavy atom. The Labute approximate surface area is 140 Å². The summed E-state index contributed by atoms with van der Waals surface area (Å²) in [4.78, 5) is 18.5. The van der Waals surface area contributed by atoms with Crippen LogP contribution in [0.15, 0.2) is 67.3 Å². The highest BCUT2D eigenvalue weighted by Crippen LogP contribution is 2.26. The Morgan fingerprint density at radius 2 is 1.83 bits per heavy atom. The molecule has 0 saturated heterocycles. The molecular formula is C19H19N3O2. The summed E-state index contributed by atoms with van der Waals surface area (Å²) >= 11 is 0. The van der Waals surface area contributed by atoms with Crippen molar-refractivity contribution in [1.29, 1.82) is 0 Å². The van der Waals surface area contributed by atoms with Gasteiger partial charge in [0.1, 0.15) is 5.75 Å². The third kappa shape index (κ3) is 3.01. The van der Waals surface area contributed by atoms with Gasteiger partial charge >= 0.3 is 0 Å². The number of hydrogen-bond donors (Lipinski definition) is 1. The number of hydrogen-bond acceptors (Lipinski definition) is 3. The summed E-state index contributed by atoms with van der Waals surface area (Å²) in [5.74, 6) is -0.254. The molecule has 0 fully saturated rings. The Bertz CT molecular complexity index is 829. The number of amides is 1. The number of carbonyl (C=O) groups excluding carboxylic acids is 1. The first-order chi connectivity index (χ1) is 11.6. The number of phenolic OH excluding ortho intramolecular Hbond substituents is 1. The molecular weight excluding hydrogens is 302 g/mol. The molecule has 0 aliphatic rings. The Hall–Kier alpha value is -3.08. The lowest BCUT2D eigenvalue weighted by Gasteiger charge is -2.25. The highest BCUT2D eigenvalue weighted by molar-refractivity contribution is 5.97. The third-order valence-electron chi connectivity index (χ3n) is 4.20. The van der Waals surface area contributed by atoms with Crippen LogP contribution in [0.3, 0.4) is 0 Å². The van der Waals surface area contributed by atoms with Crippen LogP contribution in [0.1, 0.15) is 28.9 Å². The highest BCUT2D eigenvalue weighted by Gasteiger charge is 2.22. The van der Waals surface area contributed by atoms with Gasteiger partial charge in [0.05, 0.1) is 11.6 Å². The first kappa shape index (κ1) is 15.8. The number of aromatic nitrogens is 2. The van der Waals surface area contributed by atoms with E-state index in [9.17, 15) is 9.90 Å². The van der Waals surface area contributed by atoms with Crippen molar-refractivity contribution in [2.24, 2.45) is 0 Å². The molecule has 24 heavy (non-hydrogen) atoms. The Kier molecular flexibility index (Phi) is 4.33. The number of benzene rings is 1. The predicted octanol–water partition coefficient (Wildman–Crippen LogP) is 3.41. The highest BCUT2D eigenvalue weighted by atomic mass is 16.3. The van der Waals surface area contributed by atoms with Gasteiger partial charge in [-0.25, -0.2) is 0 Å². The van der Waals surface area contributed by atoms with E-state index in [4.69, 9.17) is 0 Å². The third-order valence-corrected chi connectivity index (χ3v) is 4.20. The number of aromatic hydroxyl groups is 1. The number of carbonyl (C=O) groups is 1. The maximum Gasteiger partial charge on any atom is 0.257 e. The maximum atomic E-state index is 12.8. The maximum absolute atomic E-state index is 12.8. The van der Waals surface area contributed by atoms with E-state index in [0.29, 0.717) is 0 Å². The lowest BCUT2D eigenvalue weighted by molar-refractivity contribution is 0.0739. The summed E-state index contributed by atoms with van der Waals surface area (Å²) in [6.07, 6.45) is 7.19. The van der Waals surface area contributed by atoms with Gasteiger partial charge in [0.2, 0.25) is 0 Å². The summed E-state index contributed by atoms with van der Waals surface area (Å²) in [7, 11) is 1.73.